The molecule has 0 atom stereocenters. The molecule has 0 nitrogen and oxygen atoms in total. The number of halogens is 13. The van der Waals surface area contributed by atoms with Crippen LogP contribution in [0.1, 0.15) is 84.0 Å². The highest BCUT2D eigenvalue weighted by Crippen LogP contribution is 2.62. The lowest BCUT2D eigenvalue weighted by Crippen LogP contribution is -2.71. The molecule has 214 valence electrons. The molecule has 0 spiro atoms. The zero-order chi connectivity index (χ0) is 27.8. The number of hydrogen-bond acceptors (Lipinski definition) is 0. The Morgan fingerprint density at radius 3 is 1.33 bits per heavy atom. The van der Waals surface area contributed by atoms with Crippen molar-refractivity contribution in [3.8, 4) is 0 Å². The molecule has 0 bridgehead atoms. The van der Waals surface area contributed by atoms with Crippen molar-refractivity contribution in [3.05, 3.63) is 0 Å². The van der Waals surface area contributed by atoms with Gasteiger partial charge in [-0.1, -0.05) is 45.4 Å². The fourth-order valence-corrected chi connectivity index (χ4v) is 5.62. The highest BCUT2D eigenvalue weighted by Gasteiger charge is 2.91. The van der Waals surface area contributed by atoms with Crippen molar-refractivity contribution in [2.24, 2.45) is 23.7 Å². The topological polar surface area (TPSA) is 0 Å². The summed E-state index contributed by atoms with van der Waals surface area (Å²) >= 11 is 0. The molecule has 0 unspecified atom stereocenters. The Labute approximate surface area is 201 Å². The summed E-state index contributed by atoms with van der Waals surface area (Å²) in [6.45, 7) is 2.08. The molecule has 2 aliphatic rings. The minimum absolute atomic E-state index is 0.0812. The van der Waals surface area contributed by atoms with Crippen LogP contribution >= 0.6 is 0 Å². The van der Waals surface area contributed by atoms with Crippen molar-refractivity contribution < 1.29 is 57.1 Å². The van der Waals surface area contributed by atoms with Gasteiger partial charge in [0, 0.05) is 5.92 Å². The number of rotatable bonds is 10. The average Bonchev–Trinajstić information content (AvgIpc) is 2.78. The van der Waals surface area contributed by atoms with Gasteiger partial charge in [0.25, 0.3) is 0 Å². The standard InChI is InChI=1S/C23H31F13/c1-2-3-4-5-14-6-8-15(9-7-14)16-10-12-17(13-11-16)18(24,25)19(26,27)20(28,29)21(30,31)22(32,33)23(34,35)36/h14-17H,2-13H2,1H3/t14-,15-,16-,17-. The molecule has 0 aromatic carbocycles. The summed E-state index contributed by atoms with van der Waals surface area (Å²) in [7, 11) is 0. The van der Waals surface area contributed by atoms with Gasteiger partial charge < -0.3 is 0 Å². The second-order valence-corrected chi connectivity index (χ2v) is 10.3. The fraction of sp³-hybridized carbons (Fsp3) is 1.00. The number of unbranched alkanes of at least 4 members (excludes halogenated alkanes) is 2. The van der Waals surface area contributed by atoms with Gasteiger partial charge in [-0.25, -0.2) is 0 Å². The molecule has 0 N–H and O–H groups in total. The van der Waals surface area contributed by atoms with Gasteiger partial charge in [-0.3, -0.25) is 0 Å². The van der Waals surface area contributed by atoms with Gasteiger partial charge in [0.2, 0.25) is 0 Å². The van der Waals surface area contributed by atoms with Crippen LogP contribution in [0.25, 0.3) is 0 Å². The summed E-state index contributed by atoms with van der Waals surface area (Å²) < 4.78 is 174. The molecular formula is C23H31F13. The van der Waals surface area contributed by atoms with Crippen molar-refractivity contribution in [3.63, 3.8) is 0 Å². The predicted octanol–water partition coefficient (Wildman–Crippen LogP) is 9.92. The first kappa shape index (κ1) is 31.3. The first-order chi connectivity index (χ1) is 16.3. The van der Waals surface area contributed by atoms with E-state index in [0.717, 1.165) is 51.4 Å². The lowest BCUT2D eigenvalue weighted by atomic mass is 9.67. The molecule has 0 saturated heterocycles. The molecule has 36 heavy (non-hydrogen) atoms. The molecule has 0 radical (unpaired) electrons. The van der Waals surface area contributed by atoms with Crippen LogP contribution in [-0.2, 0) is 0 Å². The van der Waals surface area contributed by atoms with Crippen LogP contribution in [0.2, 0.25) is 0 Å². The maximum Gasteiger partial charge on any atom is 0.460 e. The summed E-state index contributed by atoms with van der Waals surface area (Å²) in [6.07, 6.45) is -1.30. The van der Waals surface area contributed by atoms with E-state index in [2.05, 4.69) is 6.92 Å². The van der Waals surface area contributed by atoms with Gasteiger partial charge in [-0.05, 0) is 56.3 Å². The van der Waals surface area contributed by atoms with Crippen molar-refractivity contribution in [1.29, 1.82) is 0 Å². The lowest BCUT2D eigenvalue weighted by Gasteiger charge is -2.44. The third-order valence-corrected chi connectivity index (χ3v) is 8.02. The molecule has 2 aliphatic carbocycles. The summed E-state index contributed by atoms with van der Waals surface area (Å²) in [5.41, 5.74) is 0. The monoisotopic (exact) mass is 554 g/mol. The van der Waals surface area contributed by atoms with Crippen LogP contribution in [0.3, 0.4) is 0 Å². The van der Waals surface area contributed by atoms with Crippen LogP contribution in [0.15, 0.2) is 0 Å². The molecule has 13 heteroatoms. The van der Waals surface area contributed by atoms with Gasteiger partial charge in [-0.15, -0.1) is 0 Å². The van der Waals surface area contributed by atoms with Crippen LogP contribution in [-0.4, -0.2) is 35.8 Å². The zero-order valence-corrected chi connectivity index (χ0v) is 19.7. The third kappa shape index (κ3) is 5.45. The second kappa shape index (κ2) is 10.7. The van der Waals surface area contributed by atoms with Crippen molar-refractivity contribution in [2.75, 3.05) is 0 Å². The van der Waals surface area contributed by atoms with Gasteiger partial charge in [-0.2, -0.15) is 57.1 Å². The molecule has 0 aliphatic heterocycles. The fourth-order valence-electron chi connectivity index (χ4n) is 5.62. The summed E-state index contributed by atoms with van der Waals surface area (Å²) in [5, 5.41) is 0. The smallest absolute Gasteiger partial charge is 0.199 e. The second-order valence-electron chi connectivity index (χ2n) is 10.3. The van der Waals surface area contributed by atoms with Crippen molar-refractivity contribution in [2.45, 2.75) is 120 Å². The minimum atomic E-state index is -7.82. The summed E-state index contributed by atoms with van der Waals surface area (Å²) in [5.74, 6) is -38.4. The first-order valence-electron chi connectivity index (χ1n) is 12.2. The molecule has 0 amide bonds. The van der Waals surface area contributed by atoms with Gasteiger partial charge >= 0.3 is 35.8 Å². The van der Waals surface area contributed by atoms with E-state index < -0.39 is 54.5 Å². The first-order valence-corrected chi connectivity index (χ1v) is 12.2. The summed E-state index contributed by atoms with van der Waals surface area (Å²) in [6, 6.07) is 0. The maximum absolute atomic E-state index is 14.5. The highest BCUT2D eigenvalue weighted by atomic mass is 19.4. The van der Waals surface area contributed by atoms with Crippen LogP contribution in [0, 0.1) is 23.7 Å². The highest BCUT2D eigenvalue weighted by molar-refractivity contribution is 5.11. The van der Waals surface area contributed by atoms with Crippen molar-refractivity contribution in [1.82, 2.24) is 0 Å². The van der Waals surface area contributed by atoms with E-state index in [9.17, 15) is 57.1 Å². The Hall–Kier alpha value is -0.910. The van der Waals surface area contributed by atoms with E-state index in [0.29, 0.717) is 5.92 Å². The molecule has 0 aromatic heterocycles. The largest absolute Gasteiger partial charge is 0.460 e. The average molecular weight is 554 g/mol. The van der Waals surface area contributed by atoms with Gasteiger partial charge in [0.15, 0.2) is 0 Å². The quantitative estimate of drug-likeness (QED) is 0.186. The Morgan fingerprint density at radius 1 is 0.500 bits per heavy atom. The lowest BCUT2D eigenvalue weighted by molar-refractivity contribution is -0.443. The molecule has 2 rings (SSSR count). The van der Waals surface area contributed by atoms with E-state index >= 15 is 0 Å². The van der Waals surface area contributed by atoms with E-state index in [4.69, 9.17) is 0 Å². The number of alkyl halides is 13. The SMILES string of the molecule is CCCCC[C@H]1CC[C@H]([C@H]2CC[C@H](C(F)(F)C(F)(F)C(F)(F)C(F)(F)C(F)(F)C(F)(F)F)CC2)CC1. The van der Waals surface area contributed by atoms with E-state index in [-0.39, 0.29) is 24.7 Å². The Balaban J connectivity index is 2.07. The van der Waals surface area contributed by atoms with E-state index in [1.165, 1.54) is 0 Å². The molecule has 2 fully saturated rings. The van der Waals surface area contributed by atoms with Crippen LogP contribution < -0.4 is 0 Å². The van der Waals surface area contributed by atoms with E-state index in [1.807, 2.05) is 0 Å². The normalized spacial score (nSPS) is 27.8. The zero-order valence-electron chi connectivity index (χ0n) is 19.7. The molecule has 0 heterocycles. The Morgan fingerprint density at radius 2 is 0.917 bits per heavy atom. The van der Waals surface area contributed by atoms with Gasteiger partial charge in [0.05, 0.1) is 0 Å². The third-order valence-electron chi connectivity index (χ3n) is 8.02. The van der Waals surface area contributed by atoms with E-state index in [1.54, 1.807) is 0 Å². The van der Waals surface area contributed by atoms with Crippen molar-refractivity contribution >= 4 is 0 Å². The molecule has 0 aromatic rings. The summed E-state index contributed by atoms with van der Waals surface area (Å²) in [4.78, 5) is 0. The minimum Gasteiger partial charge on any atom is -0.199 e. The maximum atomic E-state index is 14.5. The molecule has 2 saturated carbocycles. The van der Waals surface area contributed by atoms with Gasteiger partial charge in [0.1, 0.15) is 0 Å². The van der Waals surface area contributed by atoms with Crippen LogP contribution in [0.5, 0.6) is 0 Å². The van der Waals surface area contributed by atoms with Crippen LogP contribution in [0.4, 0.5) is 57.1 Å². The number of hydrogen-bond donors (Lipinski definition) is 0. The molecular weight excluding hydrogens is 523 g/mol. The Bertz CT molecular complexity index is 697. The Kier molecular flexibility index (Phi) is 9.30. The predicted molar refractivity (Wildman–Crippen MR) is 106 cm³/mol.